The van der Waals surface area contributed by atoms with Gasteiger partial charge in [-0.2, -0.15) is 0 Å². The van der Waals surface area contributed by atoms with Crippen molar-refractivity contribution in [2.45, 2.75) is 292 Å². The molecule has 768 valence electrons. The summed E-state index contributed by atoms with van der Waals surface area (Å²) in [6.07, 6.45) is -19.7. The van der Waals surface area contributed by atoms with Gasteiger partial charge in [-0.25, -0.2) is 58.6 Å². The van der Waals surface area contributed by atoms with E-state index in [1.54, 1.807) is 53.8 Å². The van der Waals surface area contributed by atoms with Crippen LogP contribution in [0.25, 0.3) is 66.6 Å². The molecule has 23 N–H and O–H groups in total. The average Bonchev–Trinajstić information content (AvgIpc) is 1.57. The van der Waals surface area contributed by atoms with Crippen molar-refractivity contribution in [3.05, 3.63) is 142 Å². The lowest BCUT2D eigenvalue weighted by Gasteiger charge is -2.26. The third kappa shape index (κ3) is 19.5. The van der Waals surface area contributed by atoms with Gasteiger partial charge in [-0.3, -0.25) is 42.0 Å². The summed E-state index contributed by atoms with van der Waals surface area (Å²) in [5.74, 6) is 30.8. The Morgan fingerprint density at radius 1 is 0.403 bits per heavy atom. The molecular weight excluding hydrogens is 1920 g/mol. The van der Waals surface area contributed by atoms with Gasteiger partial charge in [0.25, 0.3) is 22.2 Å². The summed E-state index contributed by atoms with van der Waals surface area (Å²) >= 11 is 5.20. The third-order valence-corrected chi connectivity index (χ3v) is 24.5. The van der Waals surface area contributed by atoms with Crippen molar-refractivity contribution < 1.29 is 132 Å². The Kier molecular flexibility index (Phi) is 30.8. The molecule has 0 bridgehead atoms. The van der Waals surface area contributed by atoms with E-state index < -0.39 is 215 Å². The lowest BCUT2D eigenvalue weighted by atomic mass is 9.93. The Morgan fingerprint density at radius 3 is 1.12 bits per heavy atom. The number of nitrogens with zero attached hydrogens (tertiary/aromatic N) is 16. The Balaban J connectivity index is 0.000000147. The van der Waals surface area contributed by atoms with Crippen LogP contribution < -0.4 is 22.2 Å². The quantitative estimate of drug-likeness (QED) is 0.0421. The largest absolute Gasteiger partial charge is 0.394 e. The number of aliphatic hydroxyl groups excluding tert-OH is 11. The maximum atomic E-state index is 14.3. The normalized spacial score (nSPS) is 31.1. The molecule has 0 saturated carbocycles. The molecule has 0 spiro atoms. The second kappa shape index (κ2) is 42.1. The van der Waals surface area contributed by atoms with Gasteiger partial charge < -0.3 is 150 Å². The highest BCUT2D eigenvalue weighted by Gasteiger charge is 2.63. The standard InChI is InChI=1S/C16H18FN3O5.C16H19N3O5.C15H16FN3O5.C15H18N4O5.C15H18N4O4S.C15H18N4O4/c1-4-5-16(24)12(22)11(7(2)21)25-15(16)20-6-9(17)10-13(20)18-8(3)19-14(10)23;1-4-6-16(23)12(21)11(8(2)20)24-15(16)19-7-5-10-13(19)17-9(3)18-14(10)22;1-3-4-15(23)11(21)9(6-20)24-14(15)19-5-8(16)10-12(19)17-7(2)18-13(10)22;1-4-5-15(23)11(21)10(7(2)20)24-14(15)19-6-16-9-12(19)17-8(3)18-13(9)22;1-4-5-15(22)11(21)10(7(2)20)23-14(15)19-6-16-9-12(19)17-8(3)18-13(9)24;1-4-5-15(22)12(21)11(8(2)20)23-14(15)19-7-17-10-6-16-9(3)18-13(10)19/h6-7,11-12,15,21-22,24H,1-3H3,(H,18,19,23);5,7-8,11-12,15,20-21,23H,1-3H3,(H,17,18,22);5,9,11,14,20-21,23H,6H2,1-2H3,(H,17,18,22);6-7,10-11,14,20-21,23H,1-3H3,(H,17,18,22);6-7,10-11,14,20-22H,1-3H3,(H,17,18,24);6-8,11-12,14,20-22H,1-3H3/t7-,11+,12-,15+,16?;8-,11+,12-,15+,16?;9-,11+,14-,15?;2*7-,10+,11-,14+,15?;8-,11+,12-,14+,15?/m001000/s1/i;;6D2;;;. The second-order valence-electron chi connectivity index (χ2n) is 34.7. The predicted molar refractivity (Wildman–Crippen MR) is 501 cm³/mol. The van der Waals surface area contributed by atoms with Crippen molar-refractivity contribution in [1.29, 1.82) is 0 Å². The van der Waals surface area contributed by atoms with Crippen LogP contribution in [-0.4, -0.2) is 338 Å². The molecule has 49 nitrogen and oxygen atoms in total. The zero-order valence-electron chi connectivity index (χ0n) is 81.8. The number of hydrogen-bond donors (Lipinski definition) is 23. The molecule has 6 aliphatic heterocycles. The van der Waals surface area contributed by atoms with Crippen LogP contribution in [0.2, 0.25) is 0 Å². The van der Waals surface area contributed by atoms with Gasteiger partial charge in [0.1, 0.15) is 141 Å². The lowest BCUT2D eigenvalue weighted by molar-refractivity contribution is -0.0847. The van der Waals surface area contributed by atoms with Gasteiger partial charge in [0.15, 0.2) is 115 Å². The van der Waals surface area contributed by atoms with Crippen molar-refractivity contribution in [1.82, 2.24) is 102 Å². The number of aromatic nitrogens is 21. The zero-order chi connectivity index (χ0) is 108. The van der Waals surface area contributed by atoms with Crippen molar-refractivity contribution >= 4 is 78.8 Å². The fourth-order valence-corrected chi connectivity index (χ4v) is 17.9. The molecule has 0 radical (unpaired) electrons. The summed E-state index contributed by atoms with van der Waals surface area (Å²) in [6, 6.07) is 1.55. The Morgan fingerprint density at radius 2 is 0.722 bits per heavy atom. The molecule has 144 heavy (non-hydrogen) atoms. The fraction of sp³-hybridized carbons (Fsp3) is 0.511. The molecule has 0 aromatic carbocycles. The summed E-state index contributed by atoms with van der Waals surface area (Å²) < 4.78 is 85.2. The highest BCUT2D eigenvalue weighted by molar-refractivity contribution is 7.71. The number of hydrogen-bond acceptors (Lipinski definition) is 39. The first-order valence-electron chi connectivity index (χ1n) is 45.2. The Bertz CT molecular complexity index is 7370. The summed E-state index contributed by atoms with van der Waals surface area (Å²) in [6.45, 7) is 22.9. The third-order valence-electron chi connectivity index (χ3n) is 24.2. The highest BCUT2D eigenvalue weighted by Crippen LogP contribution is 2.48. The van der Waals surface area contributed by atoms with E-state index in [1.165, 1.54) is 120 Å². The fourth-order valence-electron chi connectivity index (χ4n) is 17.6. The number of aliphatic hydroxyl groups is 18. The van der Waals surface area contributed by atoms with Crippen LogP contribution in [0.4, 0.5) is 8.78 Å². The molecule has 6 unspecified atom stereocenters. The Hall–Kier alpha value is -12.8. The van der Waals surface area contributed by atoms with E-state index in [4.69, 9.17) is 43.4 Å². The van der Waals surface area contributed by atoms with Gasteiger partial charge in [0, 0.05) is 18.6 Å². The molecule has 6 fully saturated rings. The molecule has 6 saturated heterocycles. The first kappa shape index (κ1) is 105. The maximum absolute atomic E-state index is 14.3. The van der Waals surface area contributed by atoms with Gasteiger partial charge in [0.05, 0.1) is 70.4 Å². The van der Waals surface area contributed by atoms with Crippen LogP contribution in [-0.2, 0) is 28.4 Å². The van der Waals surface area contributed by atoms with E-state index in [9.17, 15) is 120 Å². The van der Waals surface area contributed by atoms with Gasteiger partial charge >= 0.3 is 0 Å². The number of aryl methyl sites for hydroxylation is 6. The second-order valence-corrected chi connectivity index (χ2v) is 35.1. The average molecular weight is 2030 g/mol. The summed E-state index contributed by atoms with van der Waals surface area (Å²) in [5, 5.41) is 186. The van der Waals surface area contributed by atoms with Crippen LogP contribution in [0.3, 0.4) is 0 Å². The smallest absolute Gasteiger partial charge is 0.279 e. The van der Waals surface area contributed by atoms with Crippen molar-refractivity contribution in [2.24, 2.45) is 0 Å². The molecule has 12 aromatic heterocycles. The van der Waals surface area contributed by atoms with Gasteiger partial charge in [-0.15, -0.1) is 35.5 Å². The molecule has 12 aromatic rings. The SMILES string of the molecule is CC#CC1(O)[C@@H](O)[C@@H]([C@H](C)O)O[C@H]1n1cc(F)c2c(=O)[nH]c(C)nc21.CC#CC1(O)[C@@H](O)[C@@H]([C@H](C)O)O[C@H]1n1ccc2c(=O)[nH]c(C)nc21.CC#CC1(O)[C@@H](O)[C@@H]([C@H](C)O)O[C@H]1n1cnc2c(=O)[nH]c(C)nc21.CC#CC1(O)[C@@H](O)[C@@H]([C@H](C)O)O[C@H]1n1cnc2c(=S)nc(C)[nH]c21.CC#CC1(O)[C@@H](O)[C@@H]([C@H](C)O)O[C@H]1n1cnc2cnc(C)nc21.[2H]C([2H])(O)[C@H]1O[C@@H](n2cc(F)c3c(=O)[nH]c(C)nc32)C(O)(C#CC)[C@H]1O. The highest BCUT2D eigenvalue weighted by atomic mass is 32.1. The predicted octanol–water partition coefficient (Wildman–Crippen LogP) is -3.29. The van der Waals surface area contributed by atoms with Crippen molar-refractivity contribution in [2.75, 3.05) is 6.56 Å². The minimum absolute atomic E-state index is 0.0569. The molecule has 0 amide bonds. The van der Waals surface area contributed by atoms with Crippen LogP contribution in [0, 0.1) is 129 Å². The van der Waals surface area contributed by atoms with Crippen LogP contribution in [0.5, 0.6) is 0 Å². The molecule has 18 heterocycles. The number of fused-ring (bicyclic) bond motifs is 6. The van der Waals surface area contributed by atoms with Gasteiger partial charge in [-0.05, 0) is 124 Å². The maximum Gasteiger partial charge on any atom is 0.279 e. The van der Waals surface area contributed by atoms with Gasteiger partial charge in [0.2, 0.25) is 0 Å². The molecular formula is C92H107F2N21O28S. The van der Waals surface area contributed by atoms with Crippen LogP contribution >= 0.6 is 12.2 Å². The first-order valence-corrected chi connectivity index (χ1v) is 44.6. The number of H-pyrrole nitrogens is 5. The van der Waals surface area contributed by atoms with E-state index in [0.29, 0.717) is 61.3 Å². The number of imidazole rings is 3. The van der Waals surface area contributed by atoms with Gasteiger partial charge in [-0.1, -0.05) is 47.7 Å². The number of nitrogens with one attached hydrogen (secondary N) is 5. The van der Waals surface area contributed by atoms with E-state index in [1.807, 2.05) is 0 Å². The molecule has 6 aliphatic rings. The number of aromatic amines is 5. The van der Waals surface area contributed by atoms with E-state index in [-0.39, 0.29) is 45.1 Å². The Labute approximate surface area is 821 Å². The monoisotopic (exact) mass is 2030 g/mol. The number of ether oxygens (including phenoxy) is 6. The lowest BCUT2D eigenvalue weighted by Crippen LogP contribution is -2.47. The number of halogens is 2. The van der Waals surface area contributed by atoms with Crippen molar-refractivity contribution in [3.8, 4) is 71.0 Å². The molecule has 18 rings (SSSR count). The topological polar surface area (TPSA) is 725 Å². The minimum atomic E-state index is -3.01. The minimum Gasteiger partial charge on any atom is -0.394 e. The zero-order valence-corrected chi connectivity index (χ0v) is 80.7. The first-order chi connectivity index (χ1) is 68.5. The van der Waals surface area contributed by atoms with Crippen molar-refractivity contribution in [3.63, 3.8) is 0 Å². The molecule has 29 atom stereocenters. The number of rotatable bonds is 12. The summed E-state index contributed by atoms with van der Waals surface area (Å²) in [7, 11) is 0. The van der Waals surface area contributed by atoms with Crippen LogP contribution in [0.15, 0.2) is 69.0 Å². The van der Waals surface area contributed by atoms with E-state index >= 15 is 0 Å². The van der Waals surface area contributed by atoms with Crippen LogP contribution in [0.1, 0.15) is 151 Å². The van der Waals surface area contributed by atoms with E-state index in [0.717, 1.165) is 21.5 Å². The van der Waals surface area contributed by atoms with E-state index in [2.05, 4.69) is 146 Å². The summed E-state index contributed by atoms with van der Waals surface area (Å²) in [4.78, 5) is 102. The molecule has 52 heteroatoms. The summed E-state index contributed by atoms with van der Waals surface area (Å²) in [5.41, 5.74) is -12.1. The molecule has 0 aliphatic carbocycles.